The molecule has 0 bridgehead atoms. The maximum atomic E-state index is 12.2. The van der Waals surface area contributed by atoms with Gasteiger partial charge in [0, 0.05) is 18.9 Å². The van der Waals surface area contributed by atoms with Crippen molar-refractivity contribution in [1.82, 2.24) is 9.80 Å². The molecular formula is C16H25BN2O6. The van der Waals surface area contributed by atoms with Crippen LogP contribution in [0.25, 0.3) is 0 Å². The standard InChI is InChI=1S/C16H25BN2O6/c1-15(2,3)23-14(22)19-6-5-16(10-19)7-11(16)17-24-12(20)8-18(4)9-13(21)25-17/h11H,5-10H2,1-4H3/t11-,16-/m1/s1. The van der Waals surface area contributed by atoms with Crippen LogP contribution in [-0.4, -0.2) is 73.8 Å². The predicted octanol–water partition coefficient (Wildman–Crippen LogP) is 0.907. The molecule has 0 N–H and O–H groups in total. The lowest BCUT2D eigenvalue weighted by atomic mass is 9.76. The van der Waals surface area contributed by atoms with E-state index < -0.39 is 24.7 Å². The minimum Gasteiger partial charge on any atom is -0.498 e. The molecule has 3 rings (SSSR count). The molecule has 0 aromatic carbocycles. The first-order valence-corrected chi connectivity index (χ1v) is 8.63. The van der Waals surface area contributed by atoms with Gasteiger partial charge in [-0.2, -0.15) is 0 Å². The molecule has 0 radical (unpaired) electrons. The summed E-state index contributed by atoms with van der Waals surface area (Å²) in [4.78, 5) is 39.2. The lowest BCUT2D eigenvalue weighted by Crippen LogP contribution is -2.43. The van der Waals surface area contributed by atoms with Crippen molar-refractivity contribution >= 4 is 25.2 Å². The third kappa shape index (κ3) is 4.08. The van der Waals surface area contributed by atoms with Crippen molar-refractivity contribution in [3.8, 4) is 0 Å². The first-order valence-electron chi connectivity index (χ1n) is 8.63. The van der Waals surface area contributed by atoms with Gasteiger partial charge in [-0.3, -0.25) is 14.5 Å². The van der Waals surface area contributed by atoms with Crippen molar-refractivity contribution < 1.29 is 28.4 Å². The molecule has 1 aliphatic carbocycles. The number of nitrogens with zero attached hydrogens (tertiary/aromatic N) is 2. The molecule has 138 valence electrons. The largest absolute Gasteiger partial charge is 0.602 e. The summed E-state index contributed by atoms with van der Waals surface area (Å²) in [5, 5.41) is 0. The number of ether oxygens (including phenoxy) is 1. The number of carbonyl (C=O) groups is 3. The molecular weight excluding hydrogens is 327 g/mol. The number of likely N-dealkylation sites (N-methyl/N-ethyl adjacent to an activating group) is 1. The van der Waals surface area contributed by atoms with Gasteiger partial charge in [-0.25, -0.2) is 4.79 Å². The quantitative estimate of drug-likeness (QED) is 0.649. The molecule has 0 aromatic heterocycles. The molecule has 2 saturated heterocycles. The Kier molecular flexibility index (Phi) is 4.47. The zero-order valence-electron chi connectivity index (χ0n) is 15.2. The fraction of sp³-hybridized carbons (Fsp3) is 0.812. The van der Waals surface area contributed by atoms with Crippen LogP contribution in [0.1, 0.15) is 33.6 Å². The molecule has 0 unspecified atom stereocenters. The third-order valence-corrected chi connectivity index (χ3v) is 4.91. The summed E-state index contributed by atoms with van der Waals surface area (Å²) in [5.74, 6) is -0.857. The molecule has 8 nitrogen and oxygen atoms in total. The Morgan fingerprint density at radius 1 is 1.24 bits per heavy atom. The van der Waals surface area contributed by atoms with Gasteiger partial charge < -0.3 is 18.9 Å². The van der Waals surface area contributed by atoms with E-state index in [0.29, 0.717) is 13.1 Å². The van der Waals surface area contributed by atoms with Crippen molar-refractivity contribution in [2.75, 3.05) is 33.2 Å². The lowest BCUT2D eigenvalue weighted by Gasteiger charge is -2.25. The molecule has 1 amide bonds. The van der Waals surface area contributed by atoms with Gasteiger partial charge in [-0.15, -0.1) is 0 Å². The number of likely N-dealkylation sites (tertiary alicyclic amines) is 1. The Bertz CT molecular complexity index is 572. The normalized spacial score (nSPS) is 30.6. The molecule has 25 heavy (non-hydrogen) atoms. The number of hydrogen-bond donors (Lipinski definition) is 0. The van der Waals surface area contributed by atoms with Crippen molar-refractivity contribution in [3.63, 3.8) is 0 Å². The van der Waals surface area contributed by atoms with Gasteiger partial charge in [0.1, 0.15) is 5.60 Å². The monoisotopic (exact) mass is 352 g/mol. The summed E-state index contributed by atoms with van der Waals surface area (Å²) in [5.41, 5.74) is -0.681. The Hall–Kier alpha value is -1.77. The molecule has 3 fully saturated rings. The van der Waals surface area contributed by atoms with Crippen LogP contribution in [0, 0.1) is 5.41 Å². The minimum absolute atomic E-state index is 0.0590. The van der Waals surface area contributed by atoms with Crippen LogP contribution in [0.5, 0.6) is 0 Å². The minimum atomic E-state index is -0.854. The molecule has 0 aromatic rings. The summed E-state index contributed by atoms with van der Waals surface area (Å²) in [7, 11) is 0.809. The Labute approximate surface area is 147 Å². The van der Waals surface area contributed by atoms with Gasteiger partial charge in [-0.1, -0.05) is 0 Å². The molecule has 2 heterocycles. The first kappa shape index (κ1) is 18.0. The predicted molar refractivity (Wildman–Crippen MR) is 88.7 cm³/mol. The van der Waals surface area contributed by atoms with Gasteiger partial charge in [-0.05, 0) is 46.1 Å². The van der Waals surface area contributed by atoms with Gasteiger partial charge in [0.25, 0.3) is 0 Å². The highest BCUT2D eigenvalue weighted by Crippen LogP contribution is 2.64. The summed E-state index contributed by atoms with van der Waals surface area (Å²) in [6.07, 6.45) is 1.23. The summed E-state index contributed by atoms with van der Waals surface area (Å²) >= 11 is 0. The van der Waals surface area contributed by atoms with E-state index in [1.807, 2.05) is 20.8 Å². The molecule has 2 aliphatic heterocycles. The second kappa shape index (κ2) is 6.19. The summed E-state index contributed by atoms with van der Waals surface area (Å²) in [6, 6.07) is 0. The van der Waals surface area contributed by atoms with E-state index in [4.69, 9.17) is 14.0 Å². The maximum absolute atomic E-state index is 12.2. The van der Waals surface area contributed by atoms with E-state index in [1.54, 1.807) is 16.8 Å². The van der Waals surface area contributed by atoms with Crippen LogP contribution in [0.4, 0.5) is 4.79 Å². The summed E-state index contributed by atoms with van der Waals surface area (Å²) < 4.78 is 16.1. The van der Waals surface area contributed by atoms with E-state index in [2.05, 4.69) is 0 Å². The molecule has 9 heteroatoms. The van der Waals surface area contributed by atoms with Crippen LogP contribution in [-0.2, 0) is 23.6 Å². The van der Waals surface area contributed by atoms with E-state index in [1.165, 1.54) is 0 Å². The highest BCUT2D eigenvalue weighted by Gasteiger charge is 2.66. The average Bonchev–Trinajstić information content (AvgIpc) is 2.94. The van der Waals surface area contributed by atoms with Crippen LogP contribution in [0.2, 0.25) is 5.82 Å². The number of carbonyl (C=O) groups excluding carboxylic acids is 3. The van der Waals surface area contributed by atoms with Gasteiger partial charge >= 0.3 is 25.2 Å². The molecule has 1 saturated carbocycles. The van der Waals surface area contributed by atoms with E-state index in [9.17, 15) is 14.4 Å². The number of amides is 1. The maximum Gasteiger partial charge on any atom is 0.602 e. The van der Waals surface area contributed by atoms with E-state index in [0.717, 1.165) is 12.8 Å². The van der Waals surface area contributed by atoms with Gasteiger partial charge in [0.2, 0.25) is 0 Å². The Morgan fingerprint density at radius 2 is 1.84 bits per heavy atom. The zero-order valence-corrected chi connectivity index (χ0v) is 15.2. The topological polar surface area (TPSA) is 85.4 Å². The van der Waals surface area contributed by atoms with Crippen molar-refractivity contribution in [3.05, 3.63) is 0 Å². The molecule has 1 spiro atoms. The van der Waals surface area contributed by atoms with Crippen LogP contribution >= 0.6 is 0 Å². The summed E-state index contributed by atoms with van der Waals surface area (Å²) in [6.45, 7) is 6.77. The van der Waals surface area contributed by atoms with E-state index in [-0.39, 0.29) is 30.4 Å². The fourth-order valence-electron chi connectivity index (χ4n) is 3.63. The van der Waals surface area contributed by atoms with Crippen molar-refractivity contribution in [1.29, 1.82) is 0 Å². The second-order valence-corrected chi connectivity index (χ2v) is 8.35. The van der Waals surface area contributed by atoms with Crippen molar-refractivity contribution in [2.24, 2.45) is 5.41 Å². The van der Waals surface area contributed by atoms with Crippen molar-refractivity contribution in [2.45, 2.75) is 45.0 Å². The van der Waals surface area contributed by atoms with Crippen LogP contribution < -0.4 is 0 Å². The van der Waals surface area contributed by atoms with Gasteiger partial charge in [0.05, 0.1) is 13.1 Å². The van der Waals surface area contributed by atoms with Gasteiger partial charge in [0.15, 0.2) is 0 Å². The molecule has 3 aliphatic rings. The smallest absolute Gasteiger partial charge is 0.498 e. The number of rotatable bonds is 1. The highest BCUT2D eigenvalue weighted by atomic mass is 16.6. The number of hydrogen-bond acceptors (Lipinski definition) is 7. The Morgan fingerprint density at radius 3 is 2.40 bits per heavy atom. The fourth-order valence-corrected chi connectivity index (χ4v) is 3.63. The SMILES string of the molecule is CN1CC(=O)OB([C@@H]2C[C@@]23CCN(C(=O)OC(C)(C)C)C3)OC(=O)C1. The van der Waals surface area contributed by atoms with Crippen LogP contribution in [0.15, 0.2) is 0 Å². The third-order valence-electron chi connectivity index (χ3n) is 4.91. The first-order chi connectivity index (χ1) is 11.6. The average molecular weight is 352 g/mol. The zero-order chi connectivity index (χ0) is 18.4. The van der Waals surface area contributed by atoms with Crippen LogP contribution in [0.3, 0.4) is 0 Å². The van der Waals surface area contributed by atoms with E-state index >= 15 is 0 Å². The lowest BCUT2D eigenvalue weighted by molar-refractivity contribution is -0.145. The highest BCUT2D eigenvalue weighted by molar-refractivity contribution is 6.52. The Balaban J connectivity index is 1.60. The molecule has 2 atom stereocenters. The second-order valence-electron chi connectivity index (χ2n) is 8.35.